The van der Waals surface area contributed by atoms with Crippen LogP contribution in [-0.4, -0.2) is 35.1 Å². The van der Waals surface area contributed by atoms with Gasteiger partial charge in [-0.05, 0) is 12.1 Å². The van der Waals surface area contributed by atoms with Gasteiger partial charge in [0.2, 0.25) is 0 Å². The van der Waals surface area contributed by atoms with Crippen LogP contribution in [0.15, 0.2) is 30.3 Å². The molecule has 15 heavy (non-hydrogen) atoms. The van der Waals surface area contributed by atoms with Gasteiger partial charge in [-0.2, -0.15) is 0 Å². The van der Waals surface area contributed by atoms with Crippen molar-refractivity contribution in [2.45, 2.75) is 6.17 Å². The summed E-state index contributed by atoms with van der Waals surface area (Å²) in [6, 6.07) is 8.38. The summed E-state index contributed by atoms with van der Waals surface area (Å²) in [5.41, 5.74) is 5.72. The molecule has 0 aliphatic carbocycles. The maximum Gasteiger partial charge on any atom is 0.341 e. The molecule has 1 aromatic rings. The number of hydrogen-bond donors (Lipinski definition) is 2. The van der Waals surface area contributed by atoms with E-state index in [1.807, 2.05) is 0 Å². The first-order valence-corrected chi connectivity index (χ1v) is 4.34. The van der Waals surface area contributed by atoms with E-state index in [0.29, 0.717) is 5.56 Å². The number of aliphatic carboxylic acids is 1. The van der Waals surface area contributed by atoms with Crippen molar-refractivity contribution in [3.05, 3.63) is 35.9 Å². The van der Waals surface area contributed by atoms with Gasteiger partial charge in [0, 0.05) is 12.6 Å². The normalized spacial score (nSPS) is 11.9. The highest BCUT2D eigenvalue weighted by molar-refractivity contribution is 5.96. The van der Waals surface area contributed by atoms with E-state index in [4.69, 9.17) is 10.8 Å². The Hall–Kier alpha value is -1.88. The van der Waals surface area contributed by atoms with Gasteiger partial charge in [-0.15, -0.1) is 0 Å². The largest absolute Gasteiger partial charge is 0.479 e. The number of carboxylic acid groups (broad SMARTS) is 1. The van der Waals surface area contributed by atoms with Crippen LogP contribution >= 0.6 is 0 Å². The van der Waals surface area contributed by atoms with Crippen LogP contribution in [-0.2, 0) is 4.79 Å². The standard InChI is InChI=1S/C10H12N2O3/c1-12(8(11)10(14)15)9(13)7-5-3-2-4-6-7/h2-6,8H,11H2,1H3,(H,14,15)/t8-/m1/s1. The number of hydrogen-bond acceptors (Lipinski definition) is 3. The Bertz CT molecular complexity index is 364. The summed E-state index contributed by atoms with van der Waals surface area (Å²) in [6.07, 6.45) is -1.32. The van der Waals surface area contributed by atoms with Crippen LogP contribution in [0.2, 0.25) is 0 Å². The van der Waals surface area contributed by atoms with Gasteiger partial charge in [-0.3, -0.25) is 4.79 Å². The molecule has 0 unspecified atom stereocenters. The predicted molar refractivity (Wildman–Crippen MR) is 54.1 cm³/mol. The zero-order valence-corrected chi connectivity index (χ0v) is 8.25. The average Bonchev–Trinajstić information content (AvgIpc) is 2.27. The third-order valence-electron chi connectivity index (χ3n) is 2.01. The molecule has 0 aliphatic heterocycles. The number of carboxylic acids is 1. The van der Waals surface area contributed by atoms with Crippen molar-refractivity contribution >= 4 is 11.9 Å². The first-order chi connectivity index (χ1) is 7.04. The molecule has 0 fully saturated rings. The average molecular weight is 208 g/mol. The molecule has 0 bridgehead atoms. The monoisotopic (exact) mass is 208 g/mol. The van der Waals surface area contributed by atoms with Crippen LogP contribution in [0.4, 0.5) is 0 Å². The molecular weight excluding hydrogens is 196 g/mol. The fourth-order valence-electron chi connectivity index (χ4n) is 1.08. The lowest BCUT2D eigenvalue weighted by molar-refractivity contribution is -0.141. The SMILES string of the molecule is CN(C(=O)c1ccccc1)[C@@H](N)C(=O)O. The maximum absolute atomic E-state index is 11.7. The summed E-state index contributed by atoms with van der Waals surface area (Å²) in [5.74, 6) is -1.65. The Labute approximate surface area is 87.1 Å². The number of nitrogens with zero attached hydrogens (tertiary/aromatic N) is 1. The molecule has 0 aliphatic rings. The van der Waals surface area contributed by atoms with Crippen LogP contribution in [0.25, 0.3) is 0 Å². The lowest BCUT2D eigenvalue weighted by atomic mass is 10.2. The van der Waals surface area contributed by atoms with Gasteiger partial charge in [-0.25, -0.2) is 4.79 Å². The van der Waals surface area contributed by atoms with E-state index in [1.165, 1.54) is 7.05 Å². The van der Waals surface area contributed by atoms with Gasteiger partial charge >= 0.3 is 5.97 Å². The Morgan fingerprint density at radius 1 is 1.33 bits per heavy atom. The summed E-state index contributed by atoms with van der Waals surface area (Å²) >= 11 is 0. The lowest BCUT2D eigenvalue weighted by Gasteiger charge is -2.21. The molecule has 5 nitrogen and oxygen atoms in total. The molecule has 3 N–H and O–H groups in total. The minimum absolute atomic E-state index is 0.412. The van der Waals surface area contributed by atoms with Crippen LogP contribution in [0.5, 0.6) is 0 Å². The Balaban J connectivity index is 2.82. The topological polar surface area (TPSA) is 83.6 Å². The molecule has 80 valence electrons. The molecule has 0 heterocycles. The molecule has 0 aromatic heterocycles. The van der Waals surface area contributed by atoms with Gasteiger partial charge in [-0.1, -0.05) is 18.2 Å². The molecule has 1 rings (SSSR count). The van der Waals surface area contributed by atoms with Crippen molar-refractivity contribution < 1.29 is 14.7 Å². The smallest absolute Gasteiger partial charge is 0.341 e. The fourth-order valence-corrected chi connectivity index (χ4v) is 1.08. The second kappa shape index (κ2) is 4.56. The molecule has 1 aromatic carbocycles. The maximum atomic E-state index is 11.7. The van der Waals surface area contributed by atoms with E-state index >= 15 is 0 Å². The predicted octanol–water partition coefficient (Wildman–Crippen LogP) is 0.128. The number of amides is 1. The molecule has 5 heteroatoms. The number of rotatable bonds is 3. The summed E-state index contributed by atoms with van der Waals surface area (Å²) < 4.78 is 0. The first kappa shape index (κ1) is 11.2. The Morgan fingerprint density at radius 2 is 1.87 bits per heavy atom. The molecule has 1 amide bonds. The number of carbonyl (C=O) groups is 2. The van der Waals surface area contributed by atoms with E-state index in [0.717, 1.165) is 4.90 Å². The number of nitrogens with two attached hydrogens (primary N) is 1. The highest BCUT2D eigenvalue weighted by Gasteiger charge is 2.22. The Morgan fingerprint density at radius 3 is 2.33 bits per heavy atom. The number of carbonyl (C=O) groups excluding carboxylic acids is 1. The highest BCUT2D eigenvalue weighted by Crippen LogP contribution is 2.04. The van der Waals surface area contributed by atoms with Gasteiger partial charge in [0.25, 0.3) is 5.91 Å². The number of benzene rings is 1. The first-order valence-electron chi connectivity index (χ1n) is 4.34. The molecular formula is C10H12N2O3. The summed E-state index contributed by atoms with van der Waals surface area (Å²) in [7, 11) is 1.36. The summed E-state index contributed by atoms with van der Waals surface area (Å²) in [6.45, 7) is 0. The van der Waals surface area contributed by atoms with E-state index in [1.54, 1.807) is 30.3 Å². The lowest BCUT2D eigenvalue weighted by Crippen LogP contribution is -2.48. The zero-order chi connectivity index (χ0) is 11.4. The van der Waals surface area contributed by atoms with Gasteiger partial charge in [0.1, 0.15) is 0 Å². The van der Waals surface area contributed by atoms with Crippen LogP contribution in [0.1, 0.15) is 10.4 Å². The van der Waals surface area contributed by atoms with E-state index in [-0.39, 0.29) is 0 Å². The van der Waals surface area contributed by atoms with Gasteiger partial charge in [0.05, 0.1) is 0 Å². The minimum atomic E-state index is -1.32. The zero-order valence-electron chi connectivity index (χ0n) is 8.25. The Kier molecular flexibility index (Phi) is 3.41. The molecule has 0 saturated heterocycles. The third-order valence-corrected chi connectivity index (χ3v) is 2.01. The van der Waals surface area contributed by atoms with E-state index in [9.17, 15) is 9.59 Å². The fraction of sp³-hybridized carbons (Fsp3) is 0.200. The van der Waals surface area contributed by atoms with Crippen molar-refractivity contribution in [2.24, 2.45) is 5.73 Å². The minimum Gasteiger partial charge on any atom is -0.479 e. The summed E-state index contributed by atoms with van der Waals surface area (Å²) in [4.78, 5) is 23.2. The molecule has 0 saturated carbocycles. The second-order valence-corrected chi connectivity index (χ2v) is 3.07. The van der Waals surface area contributed by atoms with Crippen molar-refractivity contribution in [1.82, 2.24) is 4.90 Å². The molecule has 0 spiro atoms. The van der Waals surface area contributed by atoms with Crippen molar-refractivity contribution in [2.75, 3.05) is 7.05 Å². The highest BCUT2D eigenvalue weighted by atomic mass is 16.4. The van der Waals surface area contributed by atoms with E-state index in [2.05, 4.69) is 0 Å². The van der Waals surface area contributed by atoms with Crippen LogP contribution in [0, 0.1) is 0 Å². The van der Waals surface area contributed by atoms with Crippen molar-refractivity contribution in [3.63, 3.8) is 0 Å². The molecule has 1 atom stereocenters. The van der Waals surface area contributed by atoms with Gasteiger partial charge in [0.15, 0.2) is 6.17 Å². The quantitative estimate of drug-likeness (QED) is 0.691. The van der Waals surface area contributed by atoms with E-state index < -0.39 is 18.0 Å². The van der Waals surface area contributed by atoms with Crippen LogP contribution in [0.3, 0.4) is 0 Å². The third kappa shape index (κ3) is 2.54. The summed E-state index contributed by atoms with van der Waals surface area (Å²) in [5, 5.41) is 8.63. The molecule has 0 radical (unpaired) electrons. The van der Waals surface area contributed by atoms with Crippen molar-refractivity contribution in [3.8, 4) is 0 Å². The van der Waals surface area contributed by atoms with Gasteiger partial charge < -0.3 is 15.7 Å². The second-order valence-electron chi connectivity index (χ2n) is 3.07. The number of likely N-dealkylation sites (N-methyl/N-ethyl adjacent to an activating group) is 1. The van der Waals surface area contributed by atoms with Crippen LogP contribution < -0.4 is 5.73 Å². The van der Waals surface area contributed by atoms with Crippen molar-refractivity contribution in [1.29, 1.82) is 0 Å².